The quantitative estimate of drug-likeness (QED) is 0.629. The summed E-state index contributed by atoms with van der Waals surface area (Å²) in [6.07, 6.45) is 5.00. The molecule has 0 radical (unpaired) electrons. The Balaban J connectivity index is 1.77. The van der Waals surface area contributed by atoms with Gasteiger partial charge in [0.1, 0.15) is 0 Å². The minimum Gasteiger partial charge on any atom is -0.347 e. The van der Waals surface area contributed by atoms with Crippen molar-refractivity contribution >= 4 is 5.78 Å². The molecule has 0 atom stereocenters. The number of fused-ring (bicyclic) bond motifs is 2. The van der Waals surface area contributed by atoms with Crippen LogP contribution in [0, 0.1) is 0 Å². The van der Waals surface area contributed by atoms with E-state index >= 15 is 0 Å². The molecule has 0 fully saturated rings. The molecule has 17 heavy (non-hydrogen) atoms. The second-order valence-corrected chi connectivity index (χ2v) is 4.74. The number of hydrogen-bond acceptors (Lipinski definition) is 1. The summed E-state index contributed by atoms with van der Waals surface area (Å²) in [4.78, 5) is 12.2. The van der Waals surface area contributed by atoms with Crippen molar-refractivity contribution in [2.75, 3.05) is 0 Å². The standard InChI is InChI=1S/C14H12N2O/c17-14-12(9-16-6-2-4-13(14)16)10-7-11-3-1-5-15(11)8-10/h1-6H,7-9H2/b12-10-. The Morgan fingerprint density at radius 1 is 1.00 bits per heavy atom. The average Bonchev–Trinajstić information content (AvgIpc) is 2.98. The van der Waals surface area contributed by atoms with Crippen molar-refractivity contribution in [1.82, 2.24) is 9.13 Å². The third kappa shape index (κ3) is 1.14. The highest BCUT2D eigenvalue weighted by Crippen LogP contribution is 2.29. The molecule has 3 nitrogen and oxygen atoms in total. The van der Waals surface area contributed by atoms with Gasteiger partial charge in [0.15, 0.2) is 0 Å². The molecule has 0 unspecified atom stereocenters. The number of aromatic nitrogens is 2. The van der Waals surface area contributed by atoms with Gasteiger partial charge < -0.3 is 9.13 Å². The summed E-state index contributed by atoms with van der Waals surface area (Å²) >= 11 is 0. The Kier molecular flexibility index (Phi) is 1.60. The summed E-state index contributed by atoms with van der Waals surface area (Å²) in [5, 5.41) is 0. The number of nitrogens with zero attached hydrogens (tertiary/aromatic N) is 2. The van der Waals surface area contributed by atoms with Gasteiger partial charge in [-0.2, -0.15) is 0 Å². The van der Waals surface area contributed by atoms with Crippen LogP contribution in [0.2, 0.25) is 0 Å². The van der Waals surface area contributed by atoms with Gasteiger partial charge in [-0.15, -0.1) is 0 Å². The summed E-state index contributed by atoms with van der Waals surface area (Å²) < 4.78 is 4.27. The largest absolute Gasteiger partial charge is 0.347 e. The van der Waals surface area contributed by atoms with Crippen LogP contribution in [0.5, 0.6) is 0 Å². The van der Waals surface area contributed by atoms with E-state index in [1.165, 1.54) is 11.3 Å². The first-order valence-electron chi connectivity index (χ1n) is 5.88. The van der Waals surface area contributed by atoms with E-state index in [1.807, 2.05) is 22.9 Å². The van der Waals surface area contributed by atoms with Crippen LogP contribution in [0.15, 0.2) is 47.8 Å². The van der Waals surface area contributed by atoms with Crippen LogP contribution in [-0.2, 0) is 19.5 Å². The topological polar surface area (TPSA) is 26.9 Å². The molecular formula is C14H12N2O. The van der Waals surface area contributed by atoms with Crippen molar-refractivity contribution in [3.8, 4) is 0 Å². The Morgan fingerprint density at radius 2 is 1.82 bits per heavy atom. The molecule has 0 saturated heterocycles. The first-order chi connectivity index (χ1) is 8.33. The number of allylic oxidation sites excluding steroid dienone is 2. The van der Waals surface area contributed by atoms with Gasteiger partial charge in [-0.25, -0.2) is 0 Å². The van der Waals surface area contributed by atoms with Gasteiger partial charge in [0.05, 0.1) is 12.2 Å². The molecule has 0 saturated carbocycles. The SMILES string of the molecule is O=C1/C(=C2/Cc3cccn3C2)Cn2cccc21. The first-order valence-corrected chi connectivity index (χ1v) is 5.88. The molecule has 0 aliphatic carbocycles. The molecule has 3 heteroatoms. The fourth-order valence-corrected chi connectivity index (χ4v) is 2.87. The third-order valence-corrected chi connectivity index (χ3v) is 3.77. The van der Waals surface area contributed by atoms with Crippen molar-refractivity contribution < 1.29 is 4.79 Å². The van der Waals surface area contributed by atoms with Crippen LogP contribution >= 0.6 is 0 Å². The molecule has 2 aliphatic rings. The van der Waals surface area contributed by atoms with Crippen LogP contribution in [0.3, 0.4) is 0 Å². The van der Waals surface area contributed by atoms with E-state index in [9.17, 15) is 4.79 Å². The summed E-state index contributed by atoms with van der Waals surface area (Å²) in [5.74, 6) is 0.218. The second kappa shape index (κ2) is 3.00. The van der Waals surface area contributed by atoms with Crippen LogP contribution in [0.1, 0.15) is 16.2 Å². The van der Waals surface area contributed by atoms with Crippen molar-refractivity contribution in [2.45, 2.75) is 19.5 Å². The van der Waals surface area contributed by atoms with E-state index in [1.54, 1.807) is 0 Å². The maximum Gasteiger partial charge on any atom is 0.207 e. The second-order valence-electron chi connectivity index (χ2n) is 4.74. The Labute approximate surface area is 99.0 Å². The minimum atomic E-state index is 0.218. The zero-order valence-electron chi connectivity index (χ0n) is 9.39. The number of Topliss-reactive ketones (excluding diaryl/α,β-unsaturated/α-hetero) is 1. The van der Waals surface area contributed by atoms with Crippen molar-refractivity contribution in [3.63, 3.8) is 0 Å². The zero-order valence-corrected chi connectivity index (χ0v) is 9.39. The predicted octanol–water partition coefficient (Wildman–Crippen LogP) is 2.04. The van der Waals surface area contributed by atoms with Crippen LogP contribution in [0.4, 0.5) is 0 Å². The number of hydrogen-bond donors (Lipinski definition) is 0. The van der Waals surface area contributed by atoms with Crippen molar-refractivity contribution in [1.29, 1.82) is 0 Å². The molecule has 2 aromatic rings. The molecule has 2 aromatic heterocycles. The predicted molar refractivity (Wildman–Crippen MR) is 63.9 cm³/mol. The van der Waals surface area contributed by atoms with E-state index in [4.69, 9.17) is 0 Å². The molecule has 0 spiro atoms. The van der Waals surface area contributed by atoms with Gasteiger partial charge in [0.25, 0.3) is 0 Å². The highest BCUT2D eigenvalue weighted by Gasteiger charge is 2.29. The van der Waals surface area contributed by atoms with Gasteiger partial charge in [0.2, 0.25) is 5.78 Å². The lowest BCUT2D eigenvalue weighted by Crippen LogP contribution is -2.02. The lowest BCUT2D eigenvalue weighted by atomic mass is 10.0. The van der Waals surface area contributed by atoms with Crippen molar-refractivity contribution in [3.05, 3.63) is 59.2 Å². The smallest absolute Gasteiger partial charge is 0.207 e. The molecule has 4 rings (SSSR count). The van der Waals surface area contributed by atoms with Gasteiger partial charge >= 0.3 is 0 Å². The van der Waals surface area contributed by atoms with Crippen LogP contribution < -0.4 is 0 Å². The molecular weight excluding hydrogens is 212 g/mol. The Morgan fingerprint density at radius 3 is 2.65 bits per heavy atom. The van der Waals surface area contributed by atoms with E-state index in [0.29, 0.717) is 0 Å². The van der Waals surface area contributed by atoms with Gasteiger partial charge in [-0.05, 0) is 29.8 Å². The van der Waals surface area contributed by atoms with Crippen LogP contribution in [-0.4, -0.2) is 14.9 Å². The molecule has 4 heterocycles. The zero-order chi connectivity index (χ0) is 11.4. The maximum absolute atomic E-state index is 12.2. The highest BCUT2D eigenvalue weighted by molar-refractivity contribution is 6.10. The fraction of sp³-hybridized carbons (Fsp3) is 0.214. The molecule has 0 bridgehead atoms. The van der Waals surface area contributed by atoms with Gasteiger partial charge in [-0.3, -0.25) is 4.79 Å². The maximum atomic E-state index is 12.2. The Bertz CT molecular complexity index is 635. The summed E-state index contributed by atoms with van der Waals surface area (Å²) in [7, 11) is 0. The third-order valence-electron chi connectivity index (χ3n) is 3.77. The lowest BCUT2D eigenvalue weighted by Gasteiger charge is -2.01. The first kappa shape index (κ1) is 9.05. The molecule has 0 N–H and O–H groups in total. The van der Waals surface area contributed by atoms with E-state index < -0.39 is 0 Å². The Hall–Kier alpha value is -2.03. The molecule has 0 amide bonds. The lowest BCUT2D eigenvalue weighted by molar-refractivity contribution is 0.103. The van der Waals surface area contributed by atoms with E-state index in [2.05, 4.69) is 22.9 Å². The monoisotopic (exact) mass is 224 g/mol. The number of carbonyl (C=O) groups excluding carboxylic acids is 1. The fourth-order valence-electron chi connectivity index (χ4n) is 2.87. The molecule has 0 aromatic carbocycles. The van der Waals surface area contributed by atoms with Gasteiger partial charge in [0, 0.05) is 36.6 Å². The number of carbonyl (C=O) groups is 1. The van der Waals surface area contributed by atoms with Crippen molar-refractivity contribution in [2.24, 2.45) is 0 Å². The van der Waals surface area contributed by atoms with Crippen LogP contribution in [0.25, 0.3) is 0 Å². The number of rotatable bonds is 0. The van der Waals surface area contributed by atoms with E-state index in [0.717, 1.165) is 30.8 Å². The molecule has 2 aliphatic heterocycles. The minimum absolute atomic E-state index is 0.218. The summed E-state index contributed by atoms with van der Waals surface area (Å²) in [6, 6.07) is 8.04. The molecule has 84 valence electrons. The average molecular weight is 224 g/mol. The normalized spacial score (nSPS) is 22.0. The van der Waals surface area contributed by atoms with E-state index in [-0.39, 0.29) is 5.78 Å². The summed E-state index contributed by atoms with van der Waals surface area (Å²) in [6.45, 7) is 1.63. The highest BCUT2D eigenvalue weighted by atomic mass is 16.1. The van der Waals surface area contributed by atoms with Gasteiger partial charge in [-0.1, -0.05) is 0 Å². The number of ketones is 1. The summed E-state index contributed by atoms with van der Waals surface area (Å²) in [5.41, 5.74) is 4.44.